The number of benzene rings is 1. The van der Waals surface area contributed by atoms with Crippen molar-refractivity contribution in [3.63, 3.8) is 0 Å². The van der Waals surface area contributed by atoms with Gasteiger partial charge in [0.15, 0.2) is 17.3 Å². The summed E-state index contributed by atoms with van der Waals surface area (Å²) in [5, 5.41) is 11.0. The Kier molecular flexibility index (Phi) is 5.02. The van der Waals surface area contributed by atoms with E-state index < -0.39 is 0 Å². The Hall–Kier alpha value is -1.50. The van der Waals surface area contributed by atoms with Gasteiger partial charge in [-0.2, -0.15) is 11.8 Å². The molecule has 116 valence electrons. The highest BCUT2D eigenvalue weighted by atomic mass is 32.2. The second-order valence-electron chi connectivity index (χ2n) is 4.80. The van der Waals surface area contributed by atoms with E-state index in [1.54, 1.807) is 11.8 Å². The maximum Gasteiger partial charge on any atom is 0.231 e. The molecule has 1 aromatic carbocycles. The van der Waals surface area contributed by atoms with Gasteiger partial charge in [-0.15, -0.1) is 11.3 Å². The summed E-state index contributed by atoms with van der Waals surface area (Å²) in [7, 11) is 0. The molecule has 0 bridgehead atoms. The zero-order valence-corrected chi connectivity index (χ0v) is 13.5. The van der Waals surface area contributed by atoms with Gasteiger partial charge in [-0.25, -0.2) is 0 Å². The van der Waals surface area contributed by atoms with Crippen LogP contribution in [0.1, 0.15) is 26.9 Å². The number of aliphatic hydroxyl groups excluding tert-OH is 1. The number of hydrogen-bond donors (Lipinski definition) is 1. The van der Waals surface area contributed by atoms with Gasteiger partial charge in [-0.3, -0.25) is 4.79 Å². The fraction of sp³-hybridized carbons (Fsp3) is 0.312. The molecular weight excluding hydrogens is 320 g/mol. The van der Waals surface area contributed by atoms with Gasteiger partial charge in [0, 0.05) is 17.4 Å². The van der Waals surface area contributed by atoms with E-state index in [2.05, 4.69) is 0 Å². The largest absolute Gasteiger partial charge is 0.454 e. The van der Waals surface area contributed by atoms with Gasteiger partial charge in [0.05, 0.1) is 11.5 Å². The third-order valence-electron chi connectivity index (χ3n) is 3.35. The van der Waals surface area contributed by atoms with Gasteiger partial charge in [-0.1, -0.05) is 12.1 Å². The molecule has 1 aliphatic rings. The first-order valence-electron chi connectivity index (χ1n) is 6.96. The summed E-state index contributed by atoms with van der Waals surface area (Å²) in [5.41, 5.74) is 1.02. The zero-order chi connectivity index (χ0) is 15.4. The lowest BCUT2D eigenvalue weighted by Gasteiger charge is -2.16. The lowest BCUT2D eigenvalue weighted by atomic mass is 10.1. The third kappa shape index (κ3) is 3.45. The molecule has 0 aliphatic carbocycles. The van der Waals surface area contributed by atoms with E-state index in [1.807, 2.05) is 35.7 Å². The van der Waals surface area contributed by atoms with Crippen LogP contribution >= 0.6 is 23.1 Å². The minimum absolute atomic E-state index is 0.00347. The average molecular weight is 336 g/mol. The molecule has 22 heavy (non-hydrogen) atoms. The van der Waals surface area contributed by atoms with Crippen LogP contribution in [0.3, 0.4) is 0 Å². The number of rotatable bonds is 7. The van der Waals surface area contributed by atoms with Crippen LogP contribution in [-0.2, 0) is 0 Å². The number of fused-ring (bicyclic) bond motifs is 1. The average Bonchev–Trinajstić information content (AvgIpc) is 3.20. The van der Waals surface area contributed by atoms with Gasteiger partial charge in [0.25, 0.3) is 0 Å². The summed E-state index contributed by atoms with van der Waals surface area (Å²) in [6, 6.07) is 9.50. The fourth-order valence-electron chi connectivity index (χ4n) is 2.29. The van der Waals surface area contributed by atoms with E-state index in [-0.39, 0.29) is 24.4 Å². The lowest BCUT2D eigenvalue weighted by molar-refractivity contribution is 0.0985. The normalized spacial score (nSPS) is 14.0. The Bertz CT molecular complexity index is 640. The highest BCUT2D eigenvalue weighted by Gasteiger charge is 2.21. The number of ketones is 1. The number of carbonyl (C=O) groups excluding carboxylic acids is 1. The van der Waals surface area contributed by atoms with Gasteiger partial charge in [0.1, 0.15) is 0 Å². The second-order valence-corrected chi connectivity index (χ2v) is 7.06. The van der Waals surface area contributed by atoms with Crippen molar-refractivity contribution in [2.75, 3.05) is 19.2 Å². The Morgan fingerprint density at radius 2 is 2.18 bits per heavy atom. The molecule has 1 N–H and O–H groups in total. The van der Waals surface area contributed by atoms with E-state index in [1.165, 1.54) is 11.3 Å². The van der Waals surface area contributed by atoms with Crippen molar-refractivity contribution in [2.45, 2.75) is 11.7 Å². The molecule has 0 saturated heterocycles. The van der Waals surface area contributed by atoms with Crippen LogP contribution in [-0.4, -0.2) is 30.0 Å². The molecule has 0 radical (unpaired) electrons. The summed E-state index contributed by atoms with van der Waals surface area (Å²) in [4.78, 5) is 13.1. The summed E-state index contributed by atoms with van der Waals surface area (Å²) in [6.07, 6.45) is 0.408. The Balaban J connectivity index is 1.78. The summed E-state index contributed by atoms with van der Waals surface area (Å²) in [5.74, 6) is 2.18. The number of aliphatic hydroxyl groups is 1. The van der Waals surface area contributed by atoms with E-state index in [4.69, 9.17) is 14.6 Å². The minimum atomic E-state index is -0.00347. The predicted molar refractivity (Wildman–Crippen MR) is 88.1 cm³/mol. The molecule has 0 saturated carbocycles. The number of Topliss-reactive ketones (excluding diaryl/α,β-unsaturated/α-hetero) is 1. The number of hydrogen-bond acceptors (Lipinski definition) is 6. The molecule has 1 atom stereocenters. The highest BCUT2D eigenvalue weighted by molar-refractivity contribution is 7.99. The Labute approximate surface area is 137 Å². The van der Waals surface area contributed by atoms with Gasteiger partial charge < -0.3 is 14.6 Å². The molecule has 1 aliphatic heterocycles. The molecule has 0 unspecified atom stereocenters. The predicted octanol–water partition coefficient (Wildman–Crippen LogP) is 3.52. The first-order valence-corrected chi connectivity index (χ1v) is 8.89. The van der Waals surface area contributed by atoms with Crippen LogP contribution in [0, 0.1) is 0 Å². The number of ether oxygens (including phenoxy) is 2. The number of carbonyl (C=O) groups is 1. The van der Waals surface area contributed by atoms with Gasteiger partial charge in [0.2, 0.25) is 6.79 Å². The fourth-order valence-corrected chi connectivity index (χ4v) is 3.96. The van der Waals surface area contributed by atoms with Gasteiger partial charge in [-0.05, 0) is 29.1 Å². The number of thioether (sulfide) groups is 1. The van der Waals surface area contributed by atoms with Crippen LogP contribution in [0.15, 0.2) is 35.7 Å². The van der Waals surface area contributed by atoms with E-state index in [0.717, 1.165) is 21.9 Å². The maximum absolute atomic E-state index is 12.4. The van der Waals surface area contributed by atoms with Crippen molar-refractivity contribution < 1.29 is 19.4 Å². The van der Waals surface area contributed by atoms with Crippen molar-refractivity contribution in [1.29, 1.82) is 0 Å². The Morgan fingerprint density at radius 1 is 1.32 bits per heavy atom. The standard InChI is InChI=1S/C16H16O4S2/c17-5-7-22-16(9-12(18)15-2-1-6-21-15)11-3-4-13-14(8-11)20-10-19-13/h1-4,6,8,16-17H,5,7,9-10H2/t16-/m1/s1. The summed E-state index contributed by atoms with van der Waals surface area (Å²) >= 11 is 3.04. The van der Waals surface area contributed by atoms with Crippen molar-refractivity contribution in [3.8, 4) is 11.5 Å². The van der Waals surface area contributed by atoms with Crippen LogP contribution in [0.2, 0.25) is 0 Å². The topological polar surface area (TPSA) is 55.8 Å². The SMILES string of the molecule is O=C(C[C@@H](SCCO)c1ccc2c(c1)OCO2)c1cccs1. The zero-order valence-electron chi connectivity index (χ0n) is 11.9. The Morgan fingerprint density at radius 3 is 2.95 bits per heavy atom. The first kappa shape index (κ1) is 15.4. The molecule has 0 spiro atoms. The molecule has 3 rings (SSSR count). The van der Waals surface area contributed by atoms with E-state index in [9.17, 15) is 4.79 Å². The molecule has 0 amide bonds. The summed E-state index contributed by atoms with van der Waals surface area (Å²) in [6.45, 7) is 0.334. The maximum atomic E-state index is 12.4. The van der Waals surface area contributed by atoms with Crippen molar-refractivity contribution >= 4 is 28.9 Å². The van der Waals surface area contributed by atoms with Crippen molar-refractivity contribution in [3.05, 3.63) is 46.2 Å². The second kappa shape index (κ2) is 7.17. The highest BCUT2D eigenvalue weighted by Crippen LogP contribution is 2.39. The van der Waals surface area contributed by atoms with Crippen LogP contribution in [0.5, 0.6) is 11.5 Å². The minimum Gasteiger partial charge on any atom is -0.454 e. The van der Waals surface area contributed by atoms with E-state index in [0.29, 0.717) is 12.2 Å². The van der Waals surface area contributed by atoms with Crippen molar-refractivity contribution in [1.82, 2.24) is 0 Å². The number of thiophene rings is 1. The smallest absolute Gasteiger partial charge is 0.231 e. The molecule has 2 aromatic rings. The van der Waals surface area contributed by atoms with Crippen LogP contribution < -0.4 is 9.47 Å². The molecule has 0 fully saturated rings. The van der Waals surface area contributed by atoms with Crippen LogP contribution in [0.4, 0.5) is 0 Å². The molecule has 4 nitrogen and oxygen atoms in total. The lowest BCUT2D eigenvalue weighted by Crippen LogP contribution is -2.05. The molecule has 6 heteroatoms. The first-order chi connectivity index (χ1) is 10.8. The molecule has 2 heterocycles. The van der Waals surface area contributed by atoms with Gasteiger partial charge >= 0.3 is 0 Å². The van der Waals surface area contributed by atoms with Crippen LogP contribution in [0.25, 0.3) is 0 Å². The summed E-state index contributed by atoms with van der Waals surface area (Å²) < 4.78 is 10.7. The quantitative estimate of drug-likeness (QED) is 0.784. The monoisotopic (exact) mass is 336 g/mol. The van der Waals surface area contributed by atoms with E-state index >= 15 is 0 Å². The molecular formula is C16H16O4S2. The third-order valence-corrected chi connectivity index (χ3v) is 5.52. The van der Waals surface area contributed by atoms with Crippen molar-refractivity contribution in [2.24, 2.45) is 0 Å². The molecule has 1 aromatic heterocycles.